The molecule has 1 saturated carbocycles. The van der Waals surface area contributed by atoms with Crippen LogP contribution in [0, 0.1) is 6.92 Å². The van der Waals surface area contributed by atoms with Crippen molar-refractivity contribution in [2.75, 3.05) is 6.54 Å². The van der Waals surface area contributed by atoms with Crippen LogP contribution in [0.2, 0.25) is 0 Å². The maximum absolute atomic E-state index is 12.1. The van der Waals surface area contributed by atoms with Gasteiger partial charge in [0.15, 0.2) is 0 Å². The Kier molecular flexibility index (Phi) is 4.44. The zero-order valence-electron chi connectivity index (χ0n) is 11.0. The van der Waals surface area contributed by atoms with E-state index in [4.69, 9.17) is 0 Å². The highest BCUT2D eigenvalue weighted by Crippen LogP contribution is 2.29. The van der Waals surface area contributed by atoms with E-state index < -0.39 is 12.7 Å². The van der Waals surface area contributed by atoms with Crippen LogP contribution in [0.1, 0.15) is 49.8 Å². The first-order valence-electron chi connectivity index (χ1n) is 6.65. The van der Waals surface area contributed by atoms with Crippen LogP contribution < -0.4 is 5.32 Å². The van der Waals surface area contributed by atoms with Crippen molar-refractivity contribution in [3.8, 4) is 0 Å². The Labute approximate surface area is 110 Å². The molecule has 1 aliphatic rings. The molecule has 0 spiro atoms. The molecule has 1 aromatic heterocycles. The quantitative estimate of drug-likeness (QED) is 0.919. The first-order chi connectivity index (χ1) is 8.97. The second-order valence-corrected chi connectivity index (χ2v) is 5.04. The third kappa shape index (κ3) is 3.92. The Morgan fingerprint density at radius 1 is 1.21 bits per heavy atom. The van der Waals surface area contributed by atoms with Crippen molar-refractivity contribution in [2.45, 2.75) is 57.8 Å². The third-order valence-electron chi connectivity index (χ3n) is 3.49. The van der Waals surface area contributed by atoms with Gasteiger partial charge in [-0.3, -0.25) is 0 Å². The summed E-state index contributed by atoms with van der Waals surface area (Å²) in [6.45, 7) is 0.968. The van der Waals surface area contributed by atoms with Gasteiger partial charge < -0.3 is 9.88 Å². The van der Waals surface area contributed by atoms with Gasteiger partial charge in [0.2, 0.25) is 0 Å². The van der Waals surface area contributed by atoms with Crippen molar-refractivity contribution in [1.82, 2.24) is 20.1 Å². The van der Waals surface area contributed by atoms with E-state index in [2.05, 4.69) is 15.5 Å². The lowest BCUT2D eigenvalue weighted by Crippen LogP contribution is -2.30. The van der Waals surface area contributed by atoms with Gasteiger partial charge in [-0.25, -0.2) is 0 Å². The number of hydrogen-bond donors (Lipinski definition) is 1. The average Bonchev–Trinajstić information content (AvgIpc) is 2.70. The second-order valence-electron chi connectivity index (χ2n) is 5.04. The van der Waals surface area contributed by atoms with Crippen LogP contribution in [0.15, 0.2) is 0 Å². The first-order valence-corrected chi connectivity index (χ1v) is 6.65. The van der Waals surface area contributed by atoms with Crippen LogP contribution in [-0.2, 0) is 6.54 Å². The maximum atomic E-state index is 12.1. The first kappa shape index (κ1) is 14.3. The van der Waals surface area contributed by atoms with Gasteiger partial charge in [0.25, 0.3) is 0 Å². The van der Waals surface area contributed by atoms with E-state index in [1.807, 2.05) is 11.5 Å². The minimum Gasteiger partial charge on any atom is -0.311 e. The molecule has 7 heteroatoms. The molecule has 0 radical (unpaired) electrons. The number of nitrogens with zero attached hydrogens (tertiary/aromatic N) is 3. The molecule has 0 saturated heterocycles. The lowest BCUT2D eigenvalue weighted by atomic mass is 9.95. The number of aromatic nitrogens is 3. The smallest absolute Gasteiger partial charge is 0.311 e. The highest BCUT2D eigenvalue weighted by atomic mass is 19.4. The number of nitrogens with one attached hydrogen (secondary N) is 1. The van der Waals surface area contributed by atoms with Crippen LogP contribution in [0.4, 0.5) is 13.2 Å². The minimum atomic E-state index is -4.19. The van der Waals surface area contributed by atoms with E-state index in [0.29, 0.717) is 11.9 Å². The predicted molar refractivity (Wildman–Crippen MR) is 64.6 cm³/mol. The van der Waals surface area contributed by atoms with Crippen LogP contribution in [0.3, 0.4) is 0 Å². The molecule has 4 nitrogen and oxygen atoms in total. The van der Waals surface area contributed by atoms with Crippen LogP contribution in [0.5, 0.6) is 0 Å². The molecule has 0 unspecified atom stereocenters. The predicted octanol–water partition coefficient (Wildman–Crippen LogP) is 2.74. The van der Waals surface area contributed by atoms with E-state index in [9.17, 15) is 13.2 Å². The largest absolute Gasteiger partial charge is 0.401 e. The molecule has 108 valence electrons. The number of halogens is 3. The number of hydrogen-bond acceptors (Lipinski definition) is 3. The molecule has 1 aromatic rings. The van der Waals surface area contributed by atoms with Crippen molar-refractivity contribution in [3.63, 3.8) is 0 Å². The third-order valence-corrected chi connectivity index (χ3v) is 3.49. The van der Waals surface area contributed by atoms with Gasteiger partial charge >= 0.3 is 6.18 Å². The normalized spacial score (nSPS) is 17.9. The monoisotopic (exact) mass is 276 g/mol. The molecule has 1 fully saturated rings. The molecule has 0 amide bonds. The Bertz CT molecular complexity index is 408. The Morgan fingerprint density at radius 3 is 2.53 bits per heavy atom. The SMILES string of the molecule is Cc1nnc(CNCC(F)(F)F)n1C1CCCCC1. The Morgan fingerprint density at radius 2 is 1.89 bits per heavy atom. The molecule has 1 aliphatic carbocycles. The molecule has 1 N–H and O–H groups in total. The topological polar surface area (TPSA) is 42.7 Å². The summed E-state index contributed by atoms with van der Waals surface area (Å²) >= 11 is 0. The zero-order valence-corrected chi connectivity index (χ0v) is 11.0. The minimum absolute atomic E-state index is 0.108. The van der Waals surface area contributed by atoms with Gasteiger partial charge in [-0.1, -0.05) is 19.3 Å². The average molecular weight is 276 g/mol. The summed E-state index contributed by atoms with van der Waals surface area (Å²) in [5.74, 6) is 1.39. The van der Waals surface area contributed by atoms with Gasteiger partial charge in [0.05, 0.1) is 13.1 Å². The van der Waals surface area contributed by atoms with Crippen molar-refractivity contribution in [2.24, 2.45) is 0 Å². The molecular formula is C12H19F3N4. The van der Waals surface area contributed by atoms with Gasteiger partial charge in [0.1, 0.15) is 11.6 Å². The molecule has 19 heavy (non-hydrogen) atoms. The lowest BCUT2D eigenvalue weighted by molar-refractivity contribution is -0.125. The highest BCUT2D eigenvalue weighted by Gasteiger charge is 2.27. The molecule has 1 heterocycles. The molecule has 2 rings (SSSR count). The molecule has 0 atom stereocenters. The van der Waals surface area contributed by atoms with E-state index in [1.165, 1.54) is 6.42 Å². The van der Waals surface area contributed by atoms with Crippen molar-refractivity contribution in [1.29, 1.82) is 0 Å². The number of alkyl halides is 3. The summed E-state index contributed by atoms with van der Waals surface area (Å²) < 4.78 is 38.3. The summed E-state index contributed by atoms with van der Waals surface area (Å²) in [6.07, 6.45) is 1.50. The van der Waals surface area contributed by atoms with Crippen LogP contribution in [-0.4, -0.2) is 27.5 Å². The molecule has 0 bridgehead atoms. The second kappa shape index (κ2) is 5.90. The molecule has 0 aliphatic heterocycles. The van der Waals surface area contributed by atoms with Crippen molar-refractivity contribution < 1.29 is 13.2 Å². The van der Waals surface area contributed by atoms with Crippen LogP contribution >= 0.6 is 0 Å². The number of rotatable bonds is 4. The summed E-state index contributed by atoms with van der Waals surface area (Å²) in [5, 5.41) is 10.4. The van der Waals surface area contributed by atoms with E-state index in [-0.39, 0.29) is 6.54 Å². The van der Waals surface area contributed by atoms with Crippen LogP contribution in [0.25, 0.3) is 0 Å². The van der Waals surface area contributed by atoms with E-state index in [1.54, 1.807) is 0 Å². The zero-order chi connectivity index (χ0) is 13.9. The Hall–Kier alpha value is -1.11. The number of aryl methyl sites for hydroxylation is 1. The fourth-order valence-corrected chi connectivity index (χ4v) is 2.66. The summed E-state index contributed by atoms with van der Waals surface area (Å²) in [6, 6.07) is 0.339. The fourth-order valence-electron chi connectivity index (χ4n) is 2.66. The Balaban J connectivity index is 2.00. The summed E-state index contributed by atoms with van der Waals surface area (Å²) in [4.78, 5) is 0. The van der Waals surface area contributed by atoms with E-state index in [0.717, 1.165) is 31.5 Å². The fraction of sp³-hybridized carbons (Fsp3) is 0.833. The molecular weight excluding hydrogens is 257 g/mol. The van der Waals surface area contributed by atoms with Gasteiger partial charge in [0, 0.05) is 6.04 Å². The molecule has 0 aromatic carbocycles. The summed E-state index contributed by atoms with van der Waals surface area (Å²) in [5.41, 5.74) is 0. The highest BCUT2D eigenvalue weighted by molar-refractivity contribution is 4.98. The standard InChI is InChI=1S/C12H19F3N4/c1-9-17-18-11(7-16-8-12(13,14)15)19(9)10-5-3-2-4-6-10/h10,16H,2-8H2,1H3. The van der Waals surface area contributed by atoms with Crippen molar-refractivity contribution in [3.05, 3.63) is 11.6 Å². The van der Waals surface area contributed by atoms with Gasteiger partial charge in [-0.2, -0.15) is 13.2 Å². The maximum Gasteiger partial charge on any atom is 0.401 e. The van der Waals surface area contributed by atoms with Crippen molar-refractivity contribution >= 4 is 0 Å². The van der Waals surface area contributed by atoms with Gasteiger partial charge in [-0.05, 0) is 19.8 Å². The van der Waals surface area contributed by atoms with Gasteiger partial charge in [-0.15, -0.1) is 10.2 Å². The lowest BCUT2D eigenvalue weighted by Gasteiger charge is -2.25. The van der Waals surface area contributed by atoms with E-state index >= 15 is 0 Å². The summed E-state index contributed by atoms with van der Waals surface area (Å²) in [7, 11) is 0.